The van der Waals surface area contributed by atoms with Gasteiger partial charge in [-0.25, -0.2) is 0 Å². The molecule has 1 saturated heterocycles. The molecule has 0 radical (unpaired) electrons. The zero-order valence-corrected chi connectivity index (χ0v) is 9.89. The van der Waals surface area contributed by atoms with Crippen LogP contribution in [0.25, 0.3) is 0 Å². The van der Waals surface area contributed by atoms with Crippen LogP contribution in [0.3, 0.4) is 0 Å². The maximum atomic E-state index is 3.69. The minimum atomic E-state index is 0.789. The fourth-order valence-corrected chi connectivity index (χ4v) is 2.13. The van der Waals surface area contributed by atoms with Crippen LogP contribution in [0.1, 0.15) is 45.4 Å². The summed E-state index contributed by atoms with van der Waals surface area (Å²) in [6.45, 7) is 6.04. The van der Waals surface area contributed by atoms with E-state index in [1.54, 1.807) is 0 Å². The predicted molar refractivity (Wildman–Crippen MR) is 62.7 cm³/mol. The molecule has 0 amide bonds. The molecule has 2 heteroatoms. The van der Waals surface area contributed by atoms with Crippen LogP contribution in [0.5, 0.6) is 0 Å². The third-order valence-electron chi connectivity index (χ3n) is 3.17. The fraction of sp³-hybridized carbons (Fsp3) is 1.00. The summed E-state index contributed by atoms with van der Waals surface area (Å²) in [6, 6.07) is 0.789. The van der Waals surface area contributed by atoms with Gasteiger partial charge in [0.25, 0.3) is 0 Å². The van der Waals surface area contributed by atoms with Crippen LogP contribution in [0.2, 0.25) is 0 Å². The van der Waals surface area contributed by atoms with Gasteiger partial charge in [-0.2, -0.15) is 0 Å². The van der Waals surface area contributed by atoms with Crippen LogP contribution in [0, 0.1) is 0 Å². The average Bonchev–Trinajstić information content (AvgIpc) is 2.38. The van der Waals surface area contributed by atoms with E-state index in [4.69, 9.17) is 0 Å². The maximum Gasteiger partial charge on any atom is 0.00797 e. The highest BCUT2D eigenvalue weighted by molar-refractivity contribution is 4.73. The first-order chi connectivity index (χ1) is 6.83. The summed E-state index contributed by atoms with van der Waals surface area (Å²) in [5.41, 5.74) is 0. The number of nitrogens with zero attached hydrogens (tertiary/aromatic N) is 1. The molecule has 1 aliphatic heterocycles. The van der Waals surface area contributed by atoms with Crippen LogP contribution in [0.4, 0.5) is 0 Å². The topological polar surface area (TPSA) is 15.3 Å². The summed E-state index contributed by atoms with van der Waals surface area (Å²) < 4.78 is 0. The molecule has 0 aromatic rings. The second-order valence-corrected chi connectivity index (χ2v) is 4.59. The smallest absolute Gasteiger partial charge is 0.00797 e. The molecule has 0 aliphatic carbocycles. The molecule has 1 fully saturated rings. The quantitative estimate of drug-likeness (QED) is 0.682. The Labute approximate surface area is 89.1 Å². The maximum absolute atomic E-state index is 3.69. The minimum absolute atomic E-state index is 0.789. The molecule has 2 nitrogen and oxygen atoms in total. The first kappa shape index (κ1) is 12.0. The standard InChI is InChI=1S/C12H26N2/c1-3-4-5-9-13-12-7-6-10-14(2)11-8-12/h12-13H,3-11H2,1-2H3. The molecular formula is C12H26N2. The molecule has 0 spiro atoms. The Morgan fingerprint density at radius 1 is 1.21 bits per heavy atom. The van der Waals surface area contributed by atoms with E-state index in [1.807, 2.05) is 0 Å². The van der Waals surface area contributed by atoms with E-state index >= 15 is 0 Å². The number of unbranched alkanes of at least 4 members (excludes halogenated alkanes) is 2. The Bertz CT molecular complexity index is 136. The van der Waals surface area contributed by atoms with Crippen molar-refractivity contribution in [3.63, 3.8) is 0 Å². The van der Waals surface area contributed by atoms with E-state index in [0.29, 0.717) is 0 Å². The summed E-state index contributed by atoms with van der Waals surface area (Å²) in [5.74, 6) is 0. The SMILES string of the molecule is CCCCCNC1CCCN(C)CC1. The molecule has 1 rings (SSSR count). The highest BCUT2D eigenvalue weighted by atomic mass is 15.1. The van der Waals surface area contributed by atoms with Gasteiger partial charge in [-0.1, -0.05) is 19.8 Å². The second-order valence-electron chi connectivity index (χ2n) is 4.59. The largest absolute Gasteiger partial charge is 0.314 e. The van der Waals surface area contributed by atoms with Gasteiger partial charge in [0, 0.05) is 6.04 Å². The summed E-state index contributed by atoms with van der Waals surface area (Å²) >= 11 is 0. The van der Waals surface area contributed by atoms with E-state index in [2.05, 4.69) is 24.2 Å². The van der Waals surface area contributed by atoms with Gasteiger partial charge in [0.05, 0.1) is 0 Å². The van der Waals surface area contributed by atoms with Gasteiger partial charge in [-0.15, -0.1) is 0 Å². The molecule has 0 saturated carbocycles. The van der Waals surface area contributed by atoms with E-state index in [9.17, 15) is 0 Å². The van der Waals surface area contributed by atoms with Gasteiger partial charge in [-0.3, -0.25) is 0 Å². The van der Waals surface area contributed by atoms with Crippen LogP contribution in [-0.4, -0.2) is 37.6 Å². The lowest BCUT2D eigenvalue weighted by Crippen LogP contribution is -2.31. The monoisotopic (exact) mass is 198 g/mol. The molecule has 14 heavy (non-hydrogen) atoms. The molecule has 1 aliphatic rings. The highest BCUT2D eigenvalue weighted by Gasteiger charge is 2.13. The van der Waals surface area contributed by atoms with Gasteiger partial charge < -0.3 is 10.2 Å². The first-order valence-electron chi connectivity index (χ1n) is 6.25. The summed E-state index contributed by atoms with van der Waals surface area (Å²) in [5, 5.41) is 3.69. The third-order valence-corrected chi connectivity index (χ3v) is 3.17. The molecule has 1 N–H and O–H groups in total. The highest BCUT2D eigenvalue weighted by Crippen LogP contribution is 2.09. The number of hydrogen-bond acceptors (Lipinski definition) is 2. The van der Waals surface area contributed by atoms with Gasteiger partial charge in [0.1, 0.15) is 0 Å². The molecule has 1 heterocycles. The molecule has 0 bridgehead atoms. The van der Waals surface area contributed by atoms with Crippen molar-refractivity contribution in [2.75, 3.05) is 26.7 Å². The zero-order chi connectivity index (χ0) is 10.2. The van der Waals surface area contributed by atoms with E-state index < -0.39 is 0 Å². The van der Waals surface area contributed by atoms with Crippen molar-refractivity contribution in [1.29, 1.82) is 0 Å². The number of hydrogen-bond donors (Lipinski definition) is 1. The van der Waals surface area contributed by atoms with E-state index in [-0.39, 0.29) is 0 Å². The molecule has 0 aromatic heterocycles. The number of nitrogens with one attached hydrogen (secondary N) is 1. The predicted octanol–water partition coefficient (Wildman–Crippen LogP) is 2.25. The molecular weight excluding hydrogens is 172 g/mol. The minimum Gasteiger partial charge on any atom is -0.314 e. The van der Waals surface area contributed by atoms with Crippen molar-refractivity contribution in [1.82, 2.24) is 10.2 Å². The van der Waals surface area contributed by atoms with Crippen molar-refractivity contribution in [2.45, 2.75) is 51.5 Å². The van der Waals surface area contributed by atoms with E-state index in [1.165, 1.54) is 58.2 Å². The molecule has 1 atom stereocenters. The van der Waals surface area contributed by atoms with Crippen molar-refractivity contribution in [3.05, 3.63) is 0 Å². The van der Waals surface area contributed by atoms with E-state index in [0.717, 1.165) is 6.04 Å². The Kier molecular flexibility index (Phi) is 6.20. The molecule has 84 valence electrons. The van der Waals surface area contributed by atoms with Crippen LogP contribution >= 0.6 is 0 Å². The van der Waals surface area contributed by atoms with Gasteiger partial charge >= 0.3 is 0 Å². The lowest BCUT2D eigenvalue weighted by atomic mass is 10.1. The Morgan fingerprint density at radius 2 is 2.07 bits per heavy atom. The van der Waals surface area contributed by atoms with Crippen molar-refractivity contribution in [3.8, 4) is 0 Å². The van der Waals surface area contributed by atoms with Crippen LogP contribution in [-0.2, 0) is 0 Å². The Balaban J connectivity index is 2.05. The second kappa shape index (κ2) is 7.24. The fourth-order valence-electron chi connectivity index (χ4n) is 2.13. The van der Waals surface area contributed by atoms with Crippen molar-refractivity contribution >= 4 is 0 Å². The van der Waals surface area contributed by atoms with Gasteiger partial charge in [-0.05, 0) is 52.4 Å². The normalized spacial score (nSPS) is 24.9. The third kappa shape index (κ3) is 4.97. The summed E-state index contributed by atoms with van der Waals surface area (Å²) in [7, 11) is 2.24. The van der Waals surface area contributed by atoms with Gasteiger partial charge in [0.2, 0.25) is 0 Å². The summed E-state index contributed by atoms with van der Waals surface area (Å²) in [6.07, 6.45) is 8.12. The van der Waals surface area contributed by atoms with Gasteiger partial charge in [0.15, 0.2) is 0 Å². The first-order valence-corrected chi connectivity index (χ1v) is 6.25. The molecule has 0 aromatic carbocycles. The Morgan fingerprint density at radius 3 is 2.86 bits per heavy atom. The lowest BCUT2D eigenvalue weighted by Gasteiger charge is -2.16. The number of likely N-dealkylation sites (tertiary alicyclic amines) is 1. The van der Waals surface area contributed by atoms with Crippen molar-refractivity contribution < 1.29 is 0 Å². The summed E-state index contributed by atoms with van der Waals surface area (Å²) in [4.78, 5) is 2.45. The average molecular weight is 198 g/mol. The van der Waals surface area contributed by atoms with Crippen LogP contribution in [0.15, 0.2) is 0 Å². The number of rotatable bonds is 5. The Hall–Kier alpha value is -0.0800. The molecule has 1 unspecified atom stereocenters. The lowest BCUT2D eigenvalue weighted by molar-refractivity contribution is 0.343. The van der Waals surface area contributed by atoms with Crippen LogP contribution < -0.4 is 5.32 Å². The van der Waals surface area contributed by atoms with Crippen molar-refractivity contribution in [2.24, 2.45) is 0 Å². The zero-order valence-electron chi connectivity index (χ0n) is 9.89.